The number of hydrogen-bond acceptors (Lipinski definition) is 4. The first-order valence-corrected chi connectivity index (χ1v) is 4.49. The minimum absolute atomic E-state index is 0.167. The van der Waals surface area contributed by atoms with Crippen molar-refractivity contribution in [3.05, 3.63) is 46.5 Å². The number of carbonyl (C=O) groups excluding carboxylic acids is 1. The van der Waals surface area contributed by atoms with E-state index in [1.54, 1.807) is 24.4 Å². The van der Waals surface area contributed by atoms with Gasteiger partial charge in [0.25, 0.3) is 11.5 Å². The molecule has 0 unspecified atom stereocenters. The zero-order chi connectivity index (χ0) is 11.5. The van der Waals surface area contributed by atoms with Crippen LogP contribution in [0.25, 0.3) is 11.5 Å². The van der Waals surface area contributed by atoms with E-state index in [0.29, 0.717) is 11.5 Å². The molecule has 0 spiro atoms. The van der Waals surface area contributed by atoms with Crippen molar-refractivity contribution in [3.63, 3.8) is 0 Å². The van der Waals surface area contributed by atoms with Gasteiger partial charge in [0.05, 0.1) is 0 Å². The Morgan fingerprint density at radius 1 is 1.31 bits per heavy atom. The maximum atomic E-state index is 11.4. The fraction of sp³-hybridized carbons (Fsp3) is 0. The van der Waals surface area contributed by atoms with Crippen molar-refractivity contribution in [2.45, 2.75) is 0 Å². The molecule has 2 heterocycles. The molecule has 6 heteroatoms. The lowest BCUT2D eigenvalue weighted by Gasteiger charge is -1.99. The number of hydrogen-bond donors (Lipinski definition) is 2. The fourth-order valence-electron chi connectivity index (χ4n) is 1.20. The number of primary amides is 1. The van der Waals surface area contributed by atoms with Crippen LogP contribution >= 0.6 is 0 Å². The lowest BCUT2D eigenvalue weighted by Crippen LogP contribution is -2.24. The summed E-state index contributed by atoms with van der Waals surface area (Å²) in [5, 5.41) is 0. The molecule has 2 aromatic rings. The second kappa shape index (κ2) is 3.93. The van der Waals surface area contributed by atoms with E-state index < -0.39 is 11.5 Å². The van der Waals surface area contributed by atoms with Crippen LogP contribution in [-0.2, 0) is 0 Å². The van der Waals surface area contributed by atoms with Gasteiger partial charge in [0.15, 0.2) is 5.82 Å². The number of carbonyl (C=O) groups is 1. The summed E-state index contributed by atoms with van der Waals surface area (Å²) in [5.74, 6) is -0.503. The average molecular weight is 216 g/mol. The molecule has 80 valence electrons. The first-order valence-electron chi connectivity index (χ1n) is 4.49. The first kappa shape index (κ1) is 10.0. The highest BCUT2D eigenvalue weighted by atomic mass is 16.2. The van der Waals surface area contributed by atoms with Crippen molar-refractivity contribution in [2.75, 3.05) is 0 Å². The van der Waals surface area contributed by atoms with Gasteiger partial charge in [-0.15, -0.1) is 0 Å². The van der Waals surface area contributed by atoms with Crippen LogP contribution in [0.2, 0.25) is 0 Å². The van der Waals surface area contributed by atoms with Crippen LogP contribution in [0.15, 0.2) is 35.4 Å². The predicted octanol–water partition coefficient (Wildman–Crippen LogP) is -0.0692. The highest BCUT2D eigenvalue weighted by Crippen LogP contribution is 2.07. The normalized spacial score (nSPS) is 10.0. The fourth-order valence-corrected chi connectivity index (χ4v) is 1.20. The summed E-state index contributed by atoms with van der Waals surface area (Å²) in [6.07, 6.45) is 2.72. The van der Waals surface area contributed by atoms with Crippen LogP contribution < -0.4 is 11.3 Å². The van der Waals surface area contributed by atoms with Crippen LogP contribution in [0.4, 0.5) is 0 Å². The van der Waals surface area contributed by atoms with Gasteiger partial charge >= 0.3 is 0 Å². The Bertz CT molecular complexity index is 577. The van der Waals surface area contributed by atoms with Gasteiger partial charge in [-0.3, -0.25) is 14.6 Å². The molecule has 0 fully saturated rings. The highest BCUT2D eigenvalue weighted by molar-refractivity contribution is 5.92. The van der Waals surface area contributed by atoms with E-state index in [1.807, 2.05) is 0 Å². The number of amides is 1. The smallest absolute Gasteiger partial charge is 0.264 e. The number of aromatic amines is 1. The number of nitrogens with one attached hydrogen (secondary N) is 1. The van der Waals surface area contributed by atoms with Gasteiger partial charge in [0, 0.05) is 12.4 Å². The third kappa shape index (κ3) is 1.81. The Morgan fingerprint density at radius 2 is 2.12 bits per heavy atom. The summed E-state index contributed by atoms with van der Waals surface area (Å²) in [7, 11) is 0. The second-order valence-electron chi connectivity index (χ2n) is 3.05. The van der Waals surface area contributed by atoms with Crippen molar-refractivity contribution in [1.29, 1.82) is 0 Å². The summed E-state index contributed by atoms with van der Waals surface area (Å²) in [5.41, 5.74) is 4.78. The van der Waals surface area contributed by atoms with Crippen LogP contribution in [0.3, 0.4) is 0 Å². The summed E-state index contributed by atoms with van der Waals surface area (Å²) >= 11 is 0. The van der Waals surface area contributed by atoms with Crippen molar-refractivity contribution >= 4 is 5.91 Å². The Morgan fingerprint density at radius 3 is 2.69 bits per heavy atom. The molecular weight excluding hydrogens is 208 g/mol. The largest absolute Gasteiger partial charge is 0.365 e. The van der Waals surface area contributed by atoms with Crippen LogP contribution in [-0.4, -0.2) is 20.9 Å². The standard InChI is InChI=1S/C10H8N4O2/c11-8(15)6-5-13-9(14-10(6)16)7-3-1-2-4-12-7/h1-5H,(H2,11,15)(H,13,14,16). The molecular formula is C10H8N4O2. The van der Waals surface area contributed by atoms with Crippen LogP contribution in [0.5, 0.6) is 0 Å². The lowest BCUT2D eigenvalue weighted by molar-refractivity contribution is 0.0998. The molecule has 1 amide bonds. The summed E-state index contributed by atoms with van der Waals surface area (Å²) in [6, 6.07) is 5.21. The van der Waals surface area contributed by atoms with Gasteiger partial charge < -0.3 is 10.7 Å². The minimum atomic E-state index is -0.804. The van der Waals surface area contributed by atoms with Gasteiger partial charge in [-0.25, -0.2) is 4.98 Å². The molecule has 3 N–H and O–H groups in total. The van der Waals surface area contributed by atoms with Gasteiger partial charge in [-0.1, -0.05) is 6.07 Å². The second-order valence-corrected chi connectivity index (χ2v) is 3.05. The summed E-state index contributed by atoms with van der Waals surface area (Å²) in [4.78, 5) is 32.6. The third-order valence-electron chi connectivity index (χ3n) is 1.97. The molecule has 2 rings (SSSR count). The molecule has 16 heavy (non-hydrogen) atoms. The SMILES string of the molecule is NC(=O)c1cnc(-c2ccccn2)[nH]c1=O. The van der Waals surface area contributed by atoms with E-state index >= 15 is 0 Å². The maximum absolute atomic E-state index is 11.4. The van der Waals surface area contributed by atoms with E-state index in [1.165, 1.54) is 0 Å². The number of nitrogens with two attached hydrogens (primary N) is 1. The number of rotatable bonds is 2. The van der Waals surface area contributed by atoms with Gasteiger partial charge in [0.1, 0.15) is 11.3 Å². The molecule has 0 radical (unpaired) electrons. The van der Waals surface area contributed by atoms with E-state index in [2.05, 4.69) is 15.0 Å². The Labute approximate surface area is 90.2 Å². The topological polar surface area (TPSA) is 102 Å². The Kier molecular flexibility index (Phi) is 2.47. The number of H-pyrrole nitrogens is 1. The molecule has 2 aromatic heterocycles. The molecule has 0 atom stereocenters. The number of aromatic nitrogens is 3. The molecule has 0 aromatic carbocycles. The summed E-state index contributed by atoms with van der Waals surface area (Å²) < 4.78 is 0. The van der Waals surface area contributed by atoms with Crippen LogP contribution in [0.1, 0.15) is 10.4 Å². The van der Waals surface area contributed by atoms with E-state index in [4.69, 9.17) is 5.73 Å². The lowest BCUT2D eigenvalue weighted by atomic mass is 10.3. The Hall–Kier alpha value is -2.50. The van der Waals surface area contributed by atoms with E-state index in [9.17, 15) is 9.59 Å². The highest BCUT2D eigenvalue weighted by Gasteiger charge is 2.08. The zero-order valence-corrected chi connectivity index (χ0v) is 8.18. The monoisotopic (exact) mass is 216 g/mol. The predicted molar refractivity (Wildman–Crippen MR) is 56.6 cm³/mol. The number of nitrogens with zero attached hydrogens (tertiary/aromatic N) is 2. The van der Waals surface area contributed by atoms with Gasteiger partial charge in [0.2, 0.25) is 0 Å². The van der Waals surface area contributed by atoms with E-state index in [0.717, 1.165) is 6.20 Å². The molecule has 0 saturated carbocycles. The van der Waals surface area contributed by atoms with Crippen molar-refractivity contribution in [3.8, 4) is 11.5 Å². The molecule has 0 aliphatic carbocycles. The summed E-state index contributed by atoms with van der Waals surface area (Å²) in [6.45, 7) is 0. The Balaban J connectivity index is 2.51. The minimum Gasteiger partial charge on any atom is -0.365 e. The molecule has 0 saturated heterocycles. The first-order chi connectivity index (χ1) is 7.68. The van der Waals surface area contributed by atoms with Crippen molar-refractivity contribution in [2.24, 2.45) is 5.73 Å². The molecule has 0 bridgehead atoms. The van der Waals surface area contributed by atoms with Gasteiger partial charge in [-0.2, -0.15) is 0 Å². The molecule has 0 aliphatic heterocycles. The van der Waals surface area contributed by atoms with E-state index in [-0.39, 0.29) is 5.56 Å². The quantitative estimate of drug-likeness (QED) is 0.733. The average Bonchev–Trinajstić information content (AvgIpc) is 2.29. The maximum Gasteiger partial charge on any atom is 0.264 e. The molecule has 6 nitrogen and oxygen atoms in total. The van der Waals surface area contributed by atoms with Crippen molar-refractivity contribution in [1.82, 2.24) is 15.0 Å². The van der Waals surface area contributed by atoms with Crippen molar-refractivity contribution < 1.29 is 4.79 Å². The molecule has 0 aliphatic rings. The zero-order valence-electron chi connectivity index (χ0n) is 8.18. The van der Waals surface area contributed by atoms with Crippen LogP contribution in [0, 0.1) is 0 Å². The van der Waals surface area contributed by atoms with Gasteiger partial charge in [-0.05, 0) is 12.1 Å². The third-order valence-corrected chi connectivity index (χ3v) is 1.97. The number of pyridine rings is 1.